The minimum absolute atomic E-state index is 0.0526. The molecule has 29 heavy (non-hydrogen) atoms. The average molecular weight is 407 g/mol. The van der Waals surface area contributed by atoms with E-state index in [9.17, 15) is 4.79 Å². The second-order valence-corrected chi connectivity index (χ2v) is 9.90. The molecule has 2 fully saturated rings. The van der Waals surface area contributed by atoms with E-state index in [1.165, 1.54) is 68.4 Å². The Morgan fingerprint density at radius 2 is 1.48 bits per heavy atom. The first-order chi connectivity index (χ1) is 14.2. The number of carbonyl (C=O) groups excluding carboxylic acids is 1. The molecule has 0 radical (unpaired) electrons. The highest BCUT2D eigenvalue weighted by Gasteiger charge is 2.44. The maximum absolute atomic E-state index is 12.9. The molecule has 4 heteroatoms. The lowest BCUT2D eigenvalue weighted by Crippen LogP contribution is -2.43. The molecule has 2 heterocycles. The van der Waals surface area contributed by atoms with Crippen LogP contribution in [0.1, 0.15) is 71.8 Å². The number of fused-ring (bicyclic) bond motifs is 4. The molecule has 0 aromatic heterocycles. The molecule has 2 aromatic rings. The van der Waals surface area contributed by atoms with Crippen molar-refractivity contribution in [3.05, 3.63) is 58.1 Å². The first-order valence-electron chi connectivity index (χ1n) is 11.2. The summed E-state index contributed by atoms with van der Waals surface area (Å²) >= 11 is 5.98. The Hall–Kier alpha value is -2.00. The van der Waals surface area contributed by atoms with Crippen LogP contribution in [0.15, 0.2) is 36.4 Å². The quantitative estimate of drug-likeness (QED) is 0.644. The standard InChI is InChI=1S/C25H27ClN2O/c26-18-9-7-15(8-10-18)25(29)27-19-11-22-20-5-1-3-16(20)13-28-14-17-4-2-6-21(17)23(12-19)24(22)28/h7-12,16-17,20-21H,1-6,13-14H2,(H,27,29)/t16-,17+,20-,21-/m1/s1. The zero-order valence-electron chi connectivity index (χ0n) is 16.7. The Bertz CT molecular complexity index is 924. The Morgan fingerprint density at radius 1 is 0.897 bits per heavy atom. The predicted molar refractivity (Wildman–Crippen MR) is 118 cm³/mol. The van der Waals surface area contributed by atoms with Crippen molar-refractivity contribution in [1.29, 1.82) is 0 Å². The van der Waals surface area contributed by atoms with Gasteiger partial charge in [0.15, 0.2) is 0 Å². The lowest BCUT2D eigenvalue weighted by atomic mass is 9.75. The highest BCUT2D eigenvalue weighted by molar-refractivity contribution is 6.30. The summed E-state index contributed by atoms with van der Waals surface area (Å²) in [4.78, 5) is 15.6. The summed E-state index contributed by atoms with van der Waals surface area (Å²) in [6, 6.07) is 11.7. The van der Waals surface area contributed by atoms with Gasteiger partial charge in [0, 0.05) is 35.1 Å². The molecule has 2 saturated carbocycles. The maximum Gasteiger partial charge on any atom is 0.255 e. The SMILES string of the molecule is O=C(Nc1cc2c3c(c1)[C@@H]1CCC[C@H]1CN3C[C@H]1CCC[C@@H]21)c1ccc(Cl)cc1. The van der Waals surface area contributed by atoms with Crippen molar-refractivity contribution in [2.45, 2.75) is 50.4 Å². The lowest BCUT2D eigenvalue weighted by Gasteiger charge is -2.46. The van der Waals surface area contributed by atoms with E-state index in [4.69, 9.17) is 11.6 Å². The summed E-state index contributed by atoms with van der Waals surface area (Å²) in [6.07, 6.45) is 7.98. The van der Waals surface area contributed by atoms with Gasteiger partial charge in [-0.05, 0) is 96.9 Å². The molecule has 2 aliphatic heterocycles. The van der Waals surface area contributed by atoms with Crippen LogP contribution in [0.4, 0.5) is 11.4 Å². The summed E-state index contributed by atoms with van der Waals surface area (Å²) in [5.74, 6) is 2.87. The van der Waals surface area contributed by atoms with Crippen molar-refractivity contribution in [3.63, 3.8) is 0 Å². The van der Waals surface area contributed by atoms with Gasteiger partial charge in [0.25, 0.3) is 5.91 Å². The highest BCUT2D eigenvalue weighted by Crippen LogP contribution is 2.56. The molecule has 0 bridgehead atoms. The fraction of sp³-hybridized carbons (Fsp3) is 0.480. The number of hydrogen-bond acceptors (Lipinski definition) is 2. The number of halogens is 1. The van der Waals surface area contributed by atoms with Gasteiger partial charge in [-0.15, -0.1) is 0 Å². The van der Waals surface area contributed by atoms with Crippen molar-refractivity contribution in [3.8, 4) is 0 Å². The number of rotatable bonds is 2. The lowest BCUT2D eigenvalue weighted by molar-refractivity contribution is 0.102. The molecule has 0 saturated heterocycles. The molecule has 0 unspecified atom stereocenters. The Balaban J connectivity index is 1.41. The second kappa shape index (κ2) is 6.77. The van der Waals surface area contributed by atoms with E-state index in [1.54, 1.807) is 24.3 Å². The monoisotopic (exact) mass is 406 g/mol. The van der Waals surface area contributed by atoms with E-state index in [2.05, 4.69) is 22.3 Å². The number of benzene rings is 2. The van der Waals surface area contributed by atoms with Crippen LogP contribution in [0.2, 0.25) is 5.02 Å². The normalized spacial score (nSPS) is 29.2. The van der Waals surface area contributed by atoms with E-state index in [0.717, 1.165) is 17.5 Å². The van der Waals surface area contributed by atoms with E-state index in [1.807, 2.05) is 0 Å². The molecule has 3 nitrogen and oxygen atoms in total. The van der Waals surface area contributed by atoms with Crippen LogP contribution in [0.5, 0.6) is 0 Å². The summed E-state index contributed by atoms with van der Waals surface area (Å²) in [5.41, 5.74) is 6.17. The molecule has 4 aliphatic rings. The maximum atomic E-state index is 12.9. The number of nitrogens with one attached hydrogen (secondary N) is 1. The van der Waals surface area contributed by atoms with Crippen molar-refractivity contribution >= 4 is 28.9 Å². The molecule has 1 N–H and O–H groups in total. The molecule has 1 amide bonds. The van der Waals surface area contributed by atoms with Crippen LogP contribution >= 0.6 is 11.6 Å². The van der Waals surface area contributed by atoms with Crippen molar-refractivity contribution in [2.24, 2.45) is 11.8 Å². The zero-order chi connectivity index (χ0) is 19.5. The fourth-order valence-electron chi connectivity index (χ4n) is 6.64. The number of carbonyl (C=O) groups is 1. The van der Waals surface area contributed by atoms with Crippen LogP contribution in [-0.4, -0.2) is 19.0 Å². The fourth-order valence-corrected chi connectivity index (χ4v) is 6.77. The van der Waals surface area contributed by atoms with Crippen LogP contribution in [0.25, 0.3) is 0 Å². The Morgan fingerprint density at radius 3 is 2.07 bits per heavy atom. The average Bonchev–Trinajstić information content (AvgIpc) is 3.38. The largest absolute Gasteiger partial charge is 0.370 e. The minimum atomic E-state index is -0.0526. The number of amides is 1. The predicted octanol–water partition coefficient (Wildman–Crippen LogP) is 6.19. The van der Waals surface area contributed by atoms with E-state index in [0.29, 0.717) is 22.4 Å². The molecule has 0 spiro atoms. The van der Waals surface area contributed by atoms with Crippen LogP contribution in [0, 0.1) is 11.8 Å². The van der Waals surface area contributed by atoms with E-state index in [-0.39, 0.29) is 5.91 Å². The van der Waals surface area contributed by atoms with Gasteiger partial charge >= 0.3 is 0 Å². The Kier molecular flexibility index (Phi) is 4.16. The third-order valence-corrected chi connectivity index (χ3v) is 8.13. The molecular formula is C25H27ClN2O. The molecule has 6 rings (SSSR count). The van der Waals surface area contributed by atoms with E-state index < -0.39 is 0 Å². The van der Waals surface area contributed by atoms with Crippen molar-refractivity contribution in [2.75, 3.05) is 23.3 Å². The van der Waals surface area contributed by atoms with Gasteiger partial charge in [-0.2, -0.15) is 0 Å². The molecule has 2 aromatic carbocycles. The first-order valence-corrected chi connectivity index (χ1v) is 11.5. The molecule has 2 aliphatic carbocycles. The van der Waals surface area contributed by atoms with Gasteiger partial charge in [0.1, 0.15) is 0 Å². The van der Waals surface area contributed by atoms with Crippen molar-refractivity contribution < 1.29 is 4.79 Å². The number of anilines is 2. The summed E-state index contributed by atoms with van der Waals surface area (Å²) in [6.45, 7) is 2.48. The number of hydrogen-bond donors (Lipinski definition) is 1. The smallest absolute Gasteiger partial charge is 0.255 e. The van der Waals surface area contributed by atoms with Gasteiger partial charge in [0.2, 0.25) is 0 Å². The van der Waals surface area contributed by atoms with Gasteiger partial charge in [-0.3, -0.25) is 4.79 Å². The van der Waals surface area contributed by atoms with Gasteiger partial charge in [-0.1, -0.05) is 24.4 Å². The summed E-state index contributed by atoms with van der Waals surface area (Å²) in [7, 11) is 0. The molecule has 150 valence electrons. The topological polar surface area (TPSA) is 32.3 Å². The van der Waals surface area contributed by atoms with Gasteiger partial charge in [-0.25, -0.2) is 0 Å². The summed E-state index contributed by atoms with van der Waals surface area (Å²) < 4.78 is 0. The number of nitrogens with zero attached hydrogens (tertiary/aromatic N) is 1. The highest BCUT2D eigenvalue weighted by atomic mass is 35.5. The Labute approximate surface area is 177 Å². The molecule has 4 atom stereocenters. The first kappa shape index (κ1) is 17.8. The third-order valence-electron chi connectivity index (χ3n) is 7.88. The van der Waals surface area contributed by atoms with E-state index >= 15 is 0 Å². The third kappa shape index (κ3) is 2.89. The van der Waals surface area contributed by atoms with Crippen LogP contribution in [0.3, 0.4) is 0 Å². The second-order valence-electron chi connectivity index (χ2n) is 9.46. The summed E-state index contributed by atoms with van der Waals surface area (Å²) in [5, 5.41) is 3.85. The van der Waals surface area contributed by atoms with Crippen molar-refractivity contribution in [1.82, 2.24) is 0 Å². The van der Waals surface area contributed by atoms with Crippen LogP contribution in [-0.2, 0) is 0 Å². The van der Waals surface area contributed by atoms with Gasteiger partial charge < -0.3 is 10.2 Å². The minimum Gasteiger partial charge on any atom is -0.370 e. The van der Waals surface area contributed by atoms with Crippen LogP contribution < -0.4 is 10.2 Å². The molecular weight excluding hydrogens is 380 g/mol. The van der Waals surface area contributed by atoms with Gasteiger partial charge in [0.05, 0.1) is 0 Å². The zero-order valence-corrected chi connectivity index (χ0v) is 17.4.